The summed E-state index contributed by atoms with van der Waals surface area (Å²) in [7, 11) is 5.52. The molecule has 0 amide bonds. The summed E-state index contributed by atoms with van der Waals surface area (Å²) in [5, 5.41) is 0. The van der Waals surface area contributed by atoms with E-state index in [1.54, 1.807) is 18.2 Å². The Morgan fingerprint density at radius 1 is 1.29 bits per heavy atom. The molecule has 94 valence electrons. The Morgan fingerprint density at radius 2 is 2.00 bits per heavy atom. The fourth-order valence-electron chi connectivity index (χ4n) is 1.44. The van der Waals surface area contributed by atoms with Gasteiger partial charge in [-0.25, -0.2) is 4.79 Å². The molecule has 0 aliphatic heterocycles. The zero-order valence-electron chi connectivity index (χ0n) is 10.6. The molecule has 0 aliphatic rings. The van der Waals surface area contributed by atoms with Crippen molar-refractivity contribution in [1.29, 1.82) is 0 Å². The predicted molar refractivity (Wildman–Crippen MR) is 66.4 cm³/mol. The van der Waals surface area contributed by atoms with E-state index in [1.165, 1.54) is 7.11 Å². The minimum Gasteiger partial charge on any atom is -0.496 e. The van der Waals surface area contributed by atoms with E-state index in [2.05, 4.69) is 4.90 Å². The largest absolute Gasteiger partial charge is 0.496 e. The van der Waals surface area contributed by atoms with Crippen LogP contribution in [-0.4, -0.2) is 45.2 Å². The van der Waals surface area contributed by atoms with Crippen molar-refractivity contribution in [2.45, 2.75) is 6.42 Å². The summed E-state index contributed by atoms with van der Waals surface area (Å²) in [6.07, 6.45) is 0.827. The van der Waals surface area contributed by atoms with Gasteiger partial charge in [-0.05, 0) is 32.6 Å². The number of carbonyl (C=O) groups excluding carboxylic acids is 1. The molecule has 1 aromatic carbocycles. The van der Waals surface area contributed by atoms with Gasteiger partial charge in [0, 0.05) is 6.54 Å². The van der Waals surface area contributed by atoms with Gasteiger partial charge in [-0.2, -0.15) is 0 Å². The maximum absolute atomic E-state index is 11.8. The lowest BCUT2D eigenvalue weighted by molar-refractivity contribution is 0.0489. The van der Waals surface area contributed by atoms with Gasteiger partial charge in [0.2, 0.25) is 0 Å². The molecule has 4 heteroatoms. The number of para-hydroxylation sites is 1. The van der Waals surface area contributed by atoms with Crippen molar-refractivity contribution in [1.82, 2.24) is 4.90 Å². The average Bonchev–Trinajstić information content (AvgIpc) is 2.34. The monoisotopic (exact) mass is 237 g/mol. The van der Waals surface area contributed by atoms with Crippen LogP contribution >= 0.6 is 0 Å². The van der Waals surface area contributed by atoms with E-state index in [0.717, 1.165) is 13.0 Å². The van der Waals surface area contributed by atoms with E-state index >= 15 is 0 Å². The van der Waals surface area contributed by atoms with Gasteiger partial charge in [0.05, 0.1) is 13.7 Å². The number of nitrogens with zero attached hydrogens (tertiary/aromatic N) is 1. The second-order valence-electron chi connectivity index (χ2n) is 3.99. The molecule has 0 fully saturated rings. The van der Waals surface area contributed by atoms with Crippen LogP contribution in [0.4, 0.5) is 0 Å². The molecule has 0 aliphatic carbocycles. The quantitative estimate of drug-likeness (QED) is 0.558. The van der Waals surface area contributed by atoms with Crippen molar-refractivity contribution in [2.24, 2.45) is 0 Å². The number of methoxy groups -OCH3 is 1. The number of esters is 1. The first-order chi connectivity index (χ1) is 8.15. The number of hydrogen-bond acceptors (Lipinski definition) is 4. The molecule has 0 bridgehead atoms. The van der Waals surface area contributed by atoms with Crippen molar-refractivity contribution in [3.05, 3.63) is 29.8 Å². The Kier molecular flexibility index (Phi) is 5.49. The molecule has 0 radical (unpaired) electrons. The van der Waals surface area contributed by atoms with Crippen molar-refractivity contribution >= 4 is 5.97 Å². The smallest absolute Gasteiger partial charge is 0.341 e. The molecule has 0 heterocycles. The van der Waals surface area contributed by atoms with Crippen LogP contribution in [0.5, 0.6) is 5.75 Å². The van der Waals surface area contributed by atoms with Crippen molar-refractivity contribution in [3.8, 4) is 5.75 Å². The van der Waals surface area contributed by atoms with Crippen LogP contribution in [-0.2, 0) is 4.74 Å². The molecule has 0 N–H and O–H groups in total. The predicted octanol–water partition coefficient (Wildman–Crippen LogP) is 1.80. The zero-order chi connectivity index (χ0) is 12.7. The van der Waals surface area contributed by atoms with Gasteiger partial charge >= 0.3 is 5.97 Å². The molecule has 0 saturated carbocycles. The van der Waals surface area contributed by atoms with Crippen molar-refractivity contribution in [2.75, 3.05) is 34.4 Å². The highest BCUT2D eigenvalue weighted by atomic mass is 16.5. The first kappa shape index (κ1) is 13.5. The highest BCUT2D eigenvalue weighted by Crippen LogP contribution is 2.18. The van der Waals surface area contributed by atoms with E-state index < -0.39 is 0 Å². The molecule has 1 aromatic rings. The average molecular weight is 237 g/mol. The molecular formula is C13H19NO3. The zero-order valence-corrected chi connectivity index (χ0v) is 10.6. The van der Waals surface area contributed by atoms with Crippen LogP contribution in [0, 0.1) is 0 Å². The third kappa shape index (κ3) is 4.44. The molecular weight excluding hydrogens is 218 g/mol. The lowest BCUT2D eigenvalue weighted by Gasteiger charge is -2.10. The van der Waals surface area contributed by atoms with Gasteiger partial charge in [0.25, 0.3) is 0 Å². The maximum atomic E-state index is 11.8. The summed E-state index contributed by atoms with van der Waals surface area (Å²) in [5.74, 6) is 0.214. The van der Waals surface area contributed by atoms with Gasteiger partial charge in [0.1, 0.15) is 11.3 Å². The minimum atomic E-state index is -0.332. The molecule has 0 saturated heterocycles. The topological polar surface area (TPSA) is 38.8 Å². The van der Waals surface area contributed by atoms with Crippen LogP contribution in [0.15, 0.2) is 24.3 Å². The summed E-state index contributed by atoms with van der Waals surface area (Å²) in [5.41, 5.74) is 0.472. The molecule has 17 heavy (non-hydrogen) atoms. The van der Waals surface area contributed by atoms with Crippen LogP contribution < -0.4 is 4.74 Å². The summed E-state index contributed by atoms with van der Waals surface area (Å²) < 4.78 is 10.3. The molecule has 0 atom stereocenters. The number of benzene rings is 1. The van der Waals surface area contributed by atoms with Crippen molar-refractivity contribution in [3.63, 3.8) is 0 Å². The number of carbonyl (C=O) groups is 1. The number of ether oxygens (including phenoxy) is 2. The second kappa shape index (κ2) is 6.91. The standard InChI is InChI=1S/C13H19NO3/c1-14(2)9-6-10-17-13(15)11-7-4-5-8-12(11)16-3/h4-5,7-8H,6,9-10H2,1-3H3. The van der Waals surface area contributed by atoms with E-state index in [-0.39, 0.29) is 5.97 Å². The summed E-state index contributed by atoms with van der Waals surface area (Å²) in [6.45, 7) is 1.33. The molecule has 1 rings (SSSR count). The molecule has 0 aromatic heterocycles. The van der Waals surface area contributed by atoms with Gasteiger partial charge < -0.3 is 14.4 Å². The summed E-state index contributed by atoms with van der Waals surface area (Å²) >= 11 is 0. The van der Waals surface area contributed by atoms with E-state index in [4.69, 9.17) is 9.47 Å². The maximum Gasteiger partial charge on any atom is 0.341 e. The van der Waals surface area contributed by atoms with Crippen molar-refractivity contribution < 1.29 is 14.3 Å². The van der Waals surface area contributed by atoms with Crippen LogP contribution in [0.25, 0.3) is 0 Å². The SMILES string of the molecule is COc1ccccc1C(=O)OCCCN(C)C. The number of rotatable bonds is 6. The van der Waals surface area contributed by atoms with E-state index in [9.17, 15) is 4.79 Å². The fraction of sp³-hybridized carbons (Fsp3) is 0.462. The minimum absolute atomic E-state index is 0.332. The molecule has 0 spiro atoms. The Hall–Kier alpha value is -1.55. The first-order valence-electron chi connectivity index (χ1n) is 5.60. The third-order valence-corrected chi connectivity index (χ3v) is 2.31. The summed E-state index contributed by atoms with van der Waals surface area (Å²) in [4.78, 5) is 13.8. The Labute approximate surface area is 102 Å². The highest BCUT2D eigenvalue weighted by Gasteiger charge is 2.12. The summed E-state index contributed by atoms with van der Waals surface area (Å²) in [6, 6.07) is 7.06. The van der Waals surface area contributed by atoms with Crippen LogP contribution in [0.2, 0.25) is 0 Å². The first-order valence-corrected chi connectivity index (χ1v) is 5.60. The Bertz CT molecular complexity index is 363. The third-order valence-electron chi connectivity index (χ3n) is 2.31. The Balaban J connectivity index is 2.47. The van der Waals surface area contributed by atoms with Crippen LogP contribution in [0.1, 0.15) is 16.8 Å². The van der Waals surface area contributed by atoms with E-state index in [1.807, 2.05) is 20.2 Å². The molecule has 0 unspecified atom stereocenters. The van der Waals surface area contributed by atoms with Gasteiger partial charge in [-0.3, -0.25) is 0 Å². The van der Waals surface area contributed by atoms with Gasteiger partial charge in [-0.15, -0.1) is 0 Å². The second-order valence-corrected chi connectivity index (χ2v) is 3.99. The number of hydrogen-bond donors (Lipinski definition) is 0. The lowest BCUT2D eigenvalue weighted by atomic mass is 10.2. The normalized spacial score (nSPS) is 10.4. The van der Waals surface area contributed by atoms with Gasteiger partial charge in [0.15, 0.2) is 0 Å². The molecule has 4 nitrogen and oxygen atoms in total. The lowest BCUT2D eigenvalue weighted by Crippen LogP contribution is -2.16. The highest BCUT2D eigenvalue weighted by molar-refractivity contribution is 5.92. The van der Waals surface area contributed by atoms with E-state index in [0.29, 0.717) is 17.9 Å². The Morgan fingerprint density at radius 3 is 2.65 bits per heavy atom. The van der Waals surface area contributed by atoms with Gasteiger partial charge in [-0.1, -0.05) is 12.1 Å². The fourth-order valence-corrected chi connectivity index (χ4v) is 1.44. The van der Waals surface area contributed by atoms with Crippen LogP contribution in [0.3, 0.4) is 0 Å².